The van der Waals surface area contributed by atoms with Crippen LogP contribution in [0.5, 0.6) is 0 Å². The van der Waals surface area contributed by atoms with Crippen LogP contribution in [-0.2, 0) is 4.79 Å². The maximum atomic E-state index is 13.4. The third kappa shape index (κ3) is 4.31. The predicted octanol–water partition coefficient (Wildman–Crippen LogP) is 4.48. The largest absolute Gasteiger partial charge is 0.355 e. The highest BCUT2D eigenvalue weighted by Gasteiger charge is 2.30. The molecule has 2 fully saturated rings. The number of amides is 1. The maximum absolute atomic E-state index is 13.4. The van der Waals surface area contributed by atoms with Crippen LogP contribution in [0.25, 0.3) is 22.4 Å². The Kier molecular flexibility index (Phi) is 6.01. The number of carbonyl (C=O) groups is 1. The highest BCUT2D eigenvalue weighted by Crippen LogP contribution is 2.35. The molecular weight excluding hydrogens is 409 g/mol. The topological polar surface area (TPSA) is 84.2 Å². The van der Waals surface area contributed by atoms with Gasteiger partial charge in [-0.05, 0) is 49.9 Å². The number of hydrogen-bond donors (Lipinski definition) is 1. The van der Waals surface area contributed by atoms with Crippen molar-refractivity contribution < 1.29 is 13.7 Å². The van der Waals surface area contributed by atoms with Gasteiger partial charge in [-0.15, -0.1) is 0 Å². The molecule has 2 aromatic heterocycles. The molecule has 32 heavy (non-hydrogen) atoms. The molecule has 3 heterocycles. The van der Waals surface area contributed by atoms with Crippen molar-refractivity contribution >= 4 is 22.8 Å². The molecule has 5 rings (SSSR count). The second kappa shape index (κ2) is 9.22. The second-order valence-corrected chi connectivity index (χ2v) is 8.90. The van der Waals surface area contributed by atoms with Gasteiger partial charge in [0.15, 0.2) is 0 Å². The number of hydrogen-bond acceptors (Lipinski definition) is 6. The van der Waals surface area contributed by atoms with Crippen LogP contribution in [0.1, 0.15) is 51.4 Å². The fraction of sp³-hybridized carbons (Fsp3) is 0.500. The van der Waals surface area contributed by atoms with Gasteiger partial charge < -0.3 is 14.7 Å². The highest BCUT2D eigenvalue weighted by molar-refractivity contribution is 5.98. The molecule has 0 radical (unpaired) electrons. The summed E-state index contributed by atoms with van der Waals surface area (Å²) in [5.74, 6) is 0.473. The van der Waals surface area contributed by atoms with Gasteiger partial charge in [-0.25, -0.2) is 9.37 Å². The molecule has 1 saturated carbocycles. The van der Waals surface area contributed by atoms with Gasteiger partial charge >= 0.3 is 0 Å². The smallest absolute Gasteiger partial charge is 0.263 e. The molecule has 0 spiro atoms. The number of anilines is 1. The number of piperidine rings is 1. The first-order valence-corrected chi connectivity index (χ1v) is 11.6. The molecule has 1 atom stereocenters. The SMILES string of the molecule is O=C(NC1CCCCCC1)[C@H]1CCCN(c2ncnc3onc(-c4ccc(F)cc4)c23)C1. The van der Waals surface area contributed by atoms with Crippen molar-refractivity contribution in [3.63, 3.8) is 0 Å². The summed E-state index contributed by atoms with van der Waals surface area (Å²) in [6.45, 7) is 1.39. The number of rotatable bonds is 4. The summed E-state index contributed by atoms with van der Waals surface area (Å²) < 4.78 is 18.9. The molecule has 1 aromatic carbocycles. The van der Waals surface area contributed by atoms with Gasteiger partial charge in [-0.2, -0.15) is 4.98 Å². The zero-order valence-electron chi connectivity index (χ0n) is 18.1. The Morgan fingerprint density at radius 3 is 2.59 bits per heavy atom. The summed E-state index contributed by atoms with van der Waals surface area (Å²) >= 11 is 0. The van der Waals surface area contributed by atoms with Crippen molar-refractivity contribution in [3.05, 3.63) is 36.4 Å². The summed E-state index contributed by atoms with van der Waals surface area (Å²) in [5.41, 5.74) is 1.71. The van der Waals surface area contributed by atoms with E-state index in [0.29, 0.717) is 35.2 Å². The van der Waals surface area contributed by atoms with E-state index in [2.05, 4.69) is 25.3 Å². The van der Waals surface area contributed by atoms with Crippen LogP contribution in [0.15, 0.2) is 35.1 Å². The molecule has 3 aromatic rings. The molecule has 1 aliphatic carbocycles. The zero-order chi connectivity index (χ0) is 21.9. The van der Waals surface area contributed by atoms with E-state index in [1.807, 2.05) is 0 Å². The Morgan fingerprint density at radius 1 is 1.03 bits per heavy atom. The first-order chi connectivity index (χ1) is 15.7. The summed E-state index contributed by atoms with van der Waals surface area (Å²) in [4.78, 5) is 23.9. The standard InChI is InChI=1S/C24H28FN5O2/c25-18-11-9-16(10-12-18)21-20-22(26-15-27-24(20)32-29-21)30-13-5-6-17(14-30)23(31)28-19-7-3-1-2-4-8-19/h9-12,15,17,19H,1-8,13-14H2,(H,28,31)/t17-/m0/s1. The number of nitrogens with one attached hydrogen (secondary N) is 1. The van der Waals surface area contributed by atoms with Gasteiger partial charge in [0.2, 0.25) is 5.91 Å². The van der Waals surface area contributed by atoms with Gasteiger partial charge in [-0.1, -0.05) is 30.8 Å². The third-order valence-corrected chi connectivity index (χ3v) is 6.66. The highest BCUT2D eigenvalue weighted by atomic mass is 19.1. The van der Waals surface area contributed by atoms with Crippen LogP contribution < -0.4 is 10.2 Å². The first-order valence-electron chi connectivity index (χ1n) is 11.6. The fourth-order valence-electron chi connectivity index (χ4n) is 4.94. The van der Waals surface area contributed by atoms with Crippen LogP contribution in [0.4, 0.5) is 10.2 Å². The summed E-state index contributed by atoms with van der Waals surface area (Å²) in [6.07, 6.45) is 10.3. The lowest BCUT2D eigenvalue weighted by atomic mass is 9.95. The van der Waals surface area contributed by atoms with E-state index >= 15 is 0 Å². The van der Waals surface area contributed by atoms with E-state index in [9.17, 15) is 9.18 Å². The van der Waals surface area contributed by atoms with Gasteiger partial charge in [0, 0.05) is 24.7 Å². The Balaban J connectivity index is 1.38. The van der Waals surface area contributed by atoms with Crippen molar-refractivity contribution in [1.82, 2.24) is 20.4 Å². The minimum absolute atomic E-state index is 0.0776. The van der Waals surface area contributed by atoms with Gasteiger partial charge in [0.05, 0.1) is 5.92 Å². The Labute approximate surface area is 186 Å². The lowest BCUT2D eigenvalue weighted by Crippen LogP contribution is -2.46. The quantitative estimate of drug-likeness (QED) is 0.606. The zero-order valence-corrected chi connectivity index (χ0v) is 18.1. The van der Waals surface area contributed by atoms with Crippen molar-refractivity contribution in [2.75, 3.05) is 18.0 Å². The molecule has 2 aliphatic rings. The Morgan fingerprint density at radius 2 is 1.81 bits per heavy atom. The minimum atomic E-state index is -0.309. The van der Waals surface area contributed by atoms with Crippen LogP contribution in [0.2, 0.25) is 0 Å². The number of nitrogens with zero attached hydrogens (tertiary/aromatic N) is 4. The molecule has 1 aliphatic heterocycles. The number of benzene rings is 1. The molecule has 1 saturated heterocycles. The van der Waals surface area contributed by atoms with Gasteiger partial charge in [0.1, 0.15) is 29.0 Å². The molecular formula is C24H28FN5O2. The monoisotopic (exact) mass is 437 g/mol. The van der Waals surface area contributed by atoms with Crippen molar-refractivity contribution in [2.45, 2.75) is 57.4 Å². The maximum Gasteiger partial charge on any atom is 0.263 e. The second-order valence-electron chi connectivity index (χ2n) is 8.90. The normalized spacial score (nSPS) is 20.3. The molecule has 0 unspecified atom stereocenters. The average Bonchev–Trinajstić information content (AvgIpc) is 3.09. The van der Waals surface area contributed by atoms with E-state index in [1.165, 1.54) is 44.1 Å². The average molecular weight is 438 g/mol. The lowest BCUT2D eigenvalue weighted by Gasteiger charge is -2.33. The summed E-state index contributed by atoms with van der Waals surface area (Å²) in [6, 6.07) is 6.43. The predicted molar refractivity (Wildman–Crippen MR) is 120 cm³/mol. The molecule has 7 nitrogen and oxygen atoms in total. The van der Waals surface area contributed by atoms with E-state index in [4.69, 9.17) is 4.52 Å². The van der Waals surface area contributed by atoms with Crippen molar-refractivity contribution in [1.29, 1.82) is 0 Å². The van der Waals surface area contributed by atoms with E-state index in [0.717, 1.165) is 37.8 Å². The summed E-state index contributed by atoms with van der Waals surface area (Å²) in [7, 11) is 0. The Hall–Kier alpha value is -3.03. The van der Waals surface area contributed by atoms with Crippen LogP contribution in [0.3, 0.4) is 0 Å². The minimum Gasteiger partial charge on any atom is -0.355 e. The molecule has 0 bridgehead atoms. The molecule has 1 amide bonds. The lowest BCUT2D eigenvalue weighted by molar-refractivity contribution is -0.126. The Bertz CT molecular complexity index is 1080. The van der Waals surface area contributed by atoms with Crippen LogP contribution in [0, 0.1) is 11.7 Å². The third-order valence-electron chi connectivity index (χ3n) is 6.66. The number of aromatic nitrogens is 3. The fourth-order valence-corrected chi connectivity index (χ4v) is 4.94. The van der Waals surface area contributed by atoms with Crippen molar-refractivity contribution in [2.24, 2.45) is 5.92 Å². The van der Waals surface area contributed by atoms with Crippen LogP contribution >= 0.6 is 0 Å². The molecule has 1 N–H and O–H groups in total. The first kappa shape index (κ1) is 20.8. The number of carbonyl (C=O) groups excluding carboxylic acids is 1. The summed E-state index contributed by atoms with van der Waals surface area (Å²) in [5, 5.41) is 8.19. The van der Waals surface area contributed by atoms with Gasteiger partial charge in [-0.3, -0.25) is 4.79 Å². The molecule has 8 heteroatoms. The van der Waals surface area contributed by atoms with E-state index in [1.54, 1.807) is 12.1 Å². The van der Waals surface area contributed by atoms with Gasteiger partial charge in [0.25, 0.3) is 5.71 Å². The molecule has 168 valence electrons. The van der Waals surface area contributed by atoms with Crippen LogP contribution in [-0.4, -0.2) is 40.2 Å². The number of halogens is 1. The van der Waals surface area contributed by atoms with E-state index < -0.39 is 0 Å². The van der Waals surface area contributed by atoms with Crippen molar-refractivity contribution in [3.8, 4) is 11.3 Å². The number of fused-ring (bicyclic) bond motifs is 1. The van der Waals surface area contributed by atoms with E-state index in [-0.39, 0.29) is 17.6 Å².